The Labute approximate surface area is 103 Å². The van der Waals surface area contributed by atoms with Crippen molar-refractivity contribution in [2.75, 3.05) is 25.5 Å². The van der Waals surface area contributed by atoms with Gasteiger partial charge in [-0.25, -0.2) is 0 Å². The van der Waals surface area contributed by atoms with Crippen molar-refractivity contribution in [1.29, 1.82) is 0 Å². The molecule has 0 spiro atoms. The third kappa shape index (κ3) is 2.06. The lowest BCUT2D eigenvalue weighted by molar-refractivity contribution is 0.182. The highest BCUT2D eigenvalue weighted by Crippen LogP contribution is 2.34. The summed E-state index contributed by atoms with van der Waals surface area (Å²) in [6.07, 6.45) is 7.67. The number of rotatable bonds is 1. The van der Waals surface area contributed by atoms with Crippen molar-refractivity contribution >= 4 is 5.82 Å². The van der Waals surface area contributed by atoms with Crippen LogP contribution in [-0.2, 0) is 6.42 Å². The normalized spacial score (nSPS) is 26.1. The molecule has 2 aliphatic rings. The van der Waals surface area contributed by atoms with Crippen LogP contribution in [0.5, 0.6) is 0 Å². The van der Waals surface area contributed by atoms with Crippen molar-refractivity contribution in [2.24, 2.45) is 0 Å². The molecular weight excluding hydrogens is 212 g/mol. The van der Waals surface area contributed by atoms with Gasteiger partial charge in [-0.05, 0) is 45.7 Å². The molecule has 2 aliphatic heterocycles. The Kier molecular flexibility index (Phi) is 3.05. The van der Waals surface area contributed by atoms with Gasteiger partial charge in [-0.3, -0.25) is 10.00 Å². The highest BCUT2D eigenvalue weighted by molar-refractivity contribution is 5.48. The number of piperidine rings is 1. The lowest BCUT2D eigenvalue weighted by atomic mass is 9.96. The first-order valence-electron chi connectivity index (χ1n) is 6.87. The molecule has 4 heteroatoms. The SMILES string of the molecule is CN1CCCC[C@@H]1c1[nH]nc2c1CCCCN2. The molecule has 1 atom stereocenters. The van der Waals surface area contributed by atoms with E-state index in [0.717, 1.165) is 12.4 Å². The number of likely N-dealkylation sites (tertiary alicyclic amines) is 1. The van der Waals surface area contributed by atoms with E-state index in [1.54, 1.807) is 0 Å². The van der Waals surface area contributed by atoms with Gasteiger partial charge in [0.05, 0.1) is 11.7 Å². The number of fused-ring (bicyclic) bond motifs is 1. The lowest BCUT2D eigenvalue weighted by Crippen LogP contribution is -2.30. The van der Waals surface area contributed by atoms with Gasteiger partial charge in [0.15, 0.2) is 5.82 Å². The Bertz CT molecular complexity index is 385. The van der Waals surface area contributed by atoms with Crippen LogP contribution in [-0.4, -0.2) is 35.2 Å². The van der Waals surface area contributed by atoms with Crippen molar-refractivity contribution in [3.63, 3.8) is 0 Å². The average molecular weight is 234 g/mol. The highest BCUT2D eigenvalue weighted by Gasteiger charge is 2.26. The molecule has 1 saturated heterocycles. The predicted molar refractivity (Wildman–Crippen MR) is 69.2 cm³/mol. The zero-order valence-corrected chi connectivity index (χ0v) is 10.6. The molecule has 0 aliphatic carbocycles. The summed E-state index contributed by atoms with van der Waals surface area (Å²) in [4.78, 5) is 2.47. The summed E-state index contributed by atoms with van der Waals surface area (Å²) in [5.74, 6) is 1.11. The summed E-state index contributed by atoms with van der Waals surface area (Å²) < 4.78 is 0. The number of H-pyrrole nitrogens is 1. The molecule has 2 N–H and O–H groups in total. The Balaban J connectivity index is 1.89. The number of hydrogen-bond acceptors (Lipinski definition) is 3. The number of aromatic amines is 1. The smallest absolute Gasteiger partial charge is 0.151 e. The van der Waals surface area contributed by atoms with Gasteiger partial charge in [0.25, 0.3) is 0 Å². The maximum absolute atomic E-state index is 4.46. The van der Waals surface area contributed by atoms with Gasteiger partial charge in [0.2, 0.25) is 0 Å². The first-order chi connectivity index (χ1) is 8.36. The minimum Gasteiger partial charge on any atom is -0.368 e. The first kappa shape index (κ1) is 11.1. The molecule has 0 aromatic carbocycles. The molecule has 17 heavy (non-hydrogen) atoms. The second-order valence-corrected chi connectivity index (χ2v) is 5.34. The van der Waals surface area contributed by atoms with Crippen molar-refractivity contribution < 1.29 is 0 Å². The second-order valence-electron chi connectivity index (χ2n) is 5.34. The Morgan fingerprint density at radius 3 is 3.06 bits per heavy atom. The summed E-state index contributed by atoms with van der Waals surface area (Å²) in [5, 5.41) is 11.2. The number of nitrogens with zero attached hydrogens (tertiary/aromatic N) is 2. The monoisotopic (exact) mass is 234 g/mol. The van der Waals surface area contributed by atoms with E-state index in [4.69, 9.17) is 0 Å². The van der Waals surface area contributed by atoms with Crippen molar-refractivity contribution in [3.05, 3.63) is 11.3 Å². The number of aromatic nitrogens is 2. The molecule has 4 nitrogen and oxygen atoms in total. The molecule has 1 aromatic rings. The summed E-state index contributed by atoms with van der Waals surface area (Å²) in [5.41, 5.74) is 2.82. The molecule has 0 saturated carbocycles. The maximum Gasteiger partial charge on any atom is 0.151 e. The van der Waals surface area contributed by atoms with E-state index in [-0.39, 0.29) is 0 Å². The lowest BCUT2D eigenvalue weighted by Gasteiger charge is -2.32. The van der Waals surface area contributed by atoms with Crippen LogP contribution >= 0.6 is 0 Å². The van der Waals surface area contributed by atoms with Crippen molar-refractivity contribution in [1.82, 2.24) is 15.1 Å². The zero-order valence-electron chi connectivity index (χ0n) is 10.6. The van der Waals surface area contributed by atoms with Crippen LogP contribution in [0.25, 0.3) is 0 Å². The van der Waals surface area contributed by atoms with Crippen LogP contribution < -0.4 is 5.32 Å². The molecule has 94 valence electrons. The average Bonchev–Trinajstić information content (AvgIpc) is 2.59. The van der Waals surface area contributed by atoms with Crippen LogP contribution in [0.2, 0.25) is 0 Å². The number of anilines is 1. The maximum atomic E-state index is 4.46. The Morgan fingerprint density at radius 1 is 1.24 bits per heavy atom. The highest BCUT2D eigenvalue weighted by atomic mass is 15.2. The van der Waals surface area contributed by atoms with Crippen LogP contribution in [0.4, 0.5) is 5.82 Å². The molecule has 1 aromatic heterocycles. The number of nitrogens with one attached hydrogen (secondary N) is 2. The topological polar surface area (TPSA) is 44.0 Å². The molecule has 1 fully saturated rings. The summed E-state index contributed by atoms with van der Waals surface area (Å²) >= 11 is 0. The van der Waals surface area contributed by atoms with Gasteiger partial charge in [-0.2, -0.15) is 5.10 Å². The van der Waals surface area contributed by atoms with Gasteiger partial charge >= 0.3 is 0 Å². The van der Waals surface area contributed by atoms with E-state index in [0.29, 0.717) is 6.04 Å². The number of hydrogen-bond donors (Lipinski definition) is 2. The van der Waals surface area contributed by atoms with Gasteiger partial charge in [-0.15, -0.1) is 0 Å². The van der Waals surface area contributed by atoms with Gasteiger partial charge in [0.1, 0.15) is 0 Å². The largest absolute Gasteiger partial charge is 0.368 e. The van der Waals surface area contributed by atoms with Crippen molar-refractivity contribution in [2.45, 2.75) is 44.6 Å². The van der Waals surface area contributed by atoms with Crippen LogP contribution in [0.1, 0.15) is 49.4 Å². The van der Waals surface area contributed by atoms with Crippen LogP contribution in [0.3, 0.4) is 0 Å². The molecule has 0 radical (unpaired) electrons. The van der Waals surface area contributed by atoms with E-state index in [1.165, 1.54) is 56.3 Å². The molecule has 3 rings (SSSR count). The molecule has 3 heterocycles. The summed E-state index contributed by atoms with van der Waals surface area (Å²) in [7, 11) is 2.24. The van der Waals surface area contributed by atoms with E-state index in [9.17, 15) is 0 Å². The summed E-state index contributed by atoms with van der Waals surface area (Å²) in [6.45, 7) is 2.28. The van der Waals surface area contributed by atoms with Gasteiger partial charge in [0, 0.05) is 12.1 Å². The van der Waals surface area contributed by atoms with E-state index in [2.05, 4.69) is 27.5 Å². The van der Waals surface area contributed by atoms with Gasteiger partial charge in [-0.1, -0.05) is 6.42 Å². The minimum atomic E-state index is 0.555. The Hall–Kier alpha value is -1.03. The summed E-state index contributed by atoms with van der Waals surface area (Å²) in [6, 6.07) is 0.555. The standard InChI is InChI=1S/C13H22N4/c1-17-9-5-3-7-11(17)12-10-6-2-4-8-14-13(10)16-15-12/h11H,2-9H2,1H3,(H2,14,15,16)/t11-/m1/s1. The minimum absolute atomic E-state index is 0.555. The third-order valence-corrected chi connectivity index (χ3v) is 4.15. The zero-order chi connectivity index (χ0) is 11.7. The van der Waals surface area contributed by atoms with E-state index >= 15 is 0 Å². The van der Waals surface area contributed by atoms with Crippen molar-refractivity contribution in [3.8, 4) is 0 Å². The van der Waals surface area contributed by atoms with Crippen LogP contribution in [0, 0.1) is 0 Å². The fraction of sp³-hybridized carbons (Fsp3) is 0.769. The molecular formula is C13H22N4. The fourth-order valence-electron chi connectivity index (χ4n) is 3.13. The quantitative estimate of drug-likeness (QED) is 0.783. The van der Waals surface area contributed by atoms with E-state index < -0.39 is 0 Å². The molecule has 0 amide bonds. The van der Waals surface area contributed by atoms with Gasteiger partial charge < -0.3 is 5.32 Å². The fourth-order valence-corrected chi connectivity index (χ4v) is 3.13. The third-order valence-electron chi connectivity index (χ3n) is 4.15. The second kappa shape index (κ2) is 4.69. The predicted octanol–water partition coefficient (Wildman–Crippen LogP) is 2.31. The van der Waals surface area contributed by atoms with E-state index in [1.807, 2.05) is 0 Å². The van der Waals surface area contributed by atoms with Crippen LogP contribution in [0.15, 0.2) is 0 Å². The molecule has 0 unspecified atom stereocenters. The first-order valence-corrected chi connectivity index (χ1v) is 6.87. The molecule has 0 bridgehead atoms. The Morgan fingerprint density at radius 2 is 2.18 bits per heavy atom.